The monoisotopic (exact) mass is 279 g/mol. The number of thiophene rings is 1. The topological polar surface area (TPSA) is 49.8 Å². The predicted molar refractivity (Wildman–Crippen MR) is 74.2 cm³/mol. The fraction of sp³-hybridized carbons (Fsp3) is 0.500. The average molecular weight is 279 g/mol. The lowest BCUT2D eigenvalue weighted by molar-refractivity contribution is 0.0565. The molecule has 102 valence electrons. The molecule has 1 unspecified atom stereocenters. The predicted octanol–water partition coefficient (Wildman–Crippen LogP) is 1.34. The van der Waals surface area contributed by atoms with Crippen LogP contribution < -0.4 is 0 Å². The minimum atomic E-state index is -0.165. The van der Waals surface area contributed by atoms with Crippen LogP contribution in [0.15, 0.2) is 12.1 Å². The lowest BCUT2D eigenvalue weighted by Crippen LogP contribution is -2.35. The molecule has 1 saturated heterocycles. The normalized spacial score (nSPS) is 19.5. The first kappa shape index (κ1) is 14.1. The molecule has 1 aromatic heterocycles. The van der Waals surface area contributed by atoms with E-state index in [-0.39, 0.29) is 18.6 Å². The van der Waals surface area contributed by atoms with Crippen LogP contribution in [0.3, 0.4) is 0 Å². The molecule has 1 fully saturated rings. The number of hydrogen-bond donors (Lipinski definition) is 1. The summed E-state index contributed by atoms with van der Waals surface area (Å²) in [6.07, 6.45) is 0.957. The molecule has 19 heavy (non-hydrogen) atoms. The Bertz CT molecular complexity index is 500. The molecule has 1 aliphatic heterocycles. The minimum Gasteiger partial charge on any atom is -0.384 e. The fourth-order valence-electron chi connectivity index (χ4n) is 1.98. The van der Waals surface area contributed by atoms with Crippen LogP contribution in [-0.2, 0) is 4.74 Å². The summed E-state index contributed by atoms with van der Waals surface area (Å²) in [5.41, 5.74) is 0. The molecular weight excluding hydrogens is 262 g/mol. The molecule has 0 aromatic carbocycles. The standard InChI is InChI=1S/C14H17NO3S/c1-11-10-15(7-3-9-18-11)14(17)13-6-5-12(19-13)4-2-8-16/h5-6,11,16H,3,7-10H2,1H3. The third kappa shape index (κ3) is 3.80. The van der Waals surface area contributed by atoms with Gasteiger partial charge in [-0.2, -0.15) is 0 Å². The van der Waals surface area contributed by atoms with Gasteiger partial charge in [0.15, 0.2) is 0 Å². The van der Waals surface area contributed by atoms with Crippen molar-refractivity contribution in [3.8, 4) is 11.8 Å². The SMILES string of the molecule is CC1CN(C(=O)c2ccc(C#CCO)s2)CCCO1. The highest BCUT2D eigenvalue weighted by Gasteiger charge is 2.22. The van der Waals surface area contributed by atoms with Crippen molar-refractivity contribution in [2.24, 2.45) is 0 Å². The molecule has 0 spiro atoms. The second-order valence-electron chi connectivity index (χ2n) is 4.41. The average Bonchev–Trinajstić information content (AvgIpc) is 2.77. The maximum Gasteiger partial charge on any atom is 0.264 e. The molecule has 4 nitrogen and oxygen atoms in total. The molecule has 1 atom stereocenters. The maximum atomic E-state index is 12.4. The van der Waals surface area contributed by atoms with Gasteiger partial charge in [-0.15, -0.1) is 11.3 Å². The van der Waals surface area contributed by atoms with Crippen LogP contribution in [0.4, 0.5) is 0 Å². The zero-order valence-corrected chi connectivity index (χ0v) is 11.7. The van der Waals surface area contributed by atoms with Crippen molar-refractivity contribution in [2.45, 2.75) is 19.4 Å². The van der Waals surface area contributed by atoms with E-state index in [1.54, 1.807) is 6.07 Å². The fourth-order valence-corrected chi connectivity index (χ4v) is 2.83. The quantitative estimate of drug-likeness (QED) is 0.789. The van der Waals surface area contributed by atoms with Crippen molar-refractivity contribution in [1.82, 2.24) is 4.90 Å². The lowest BCUT2D eigenvalue weighted by Gasteiger charge is -2.21. The Labute approximate surface area is 117 Å². The van der Waals surface area contributed by atoms with E-state index in [9.17, 15) is 4.79 Å². The molecule has 1 N–H and O–H groups in total. The Morgan fingerprint density at radius 2 is 2.47 bits per heavy atom. The first-order valence-electron chi connectivity index (χ1n) is 6.31. The molecule has 1 aliphatic rings. The third-order valence-corrected chi connectivity index (χ3v) is 3.84. The molecular formula is C14H17NO3S. The zero-order chi connectivity index (χ0) is 13.7. The summed E-state index contributed by atoms with van der Waals surface area (Å²) in [5.74, 6) is 5.44. The first-order valence-corrected chi connectivity index (χ1v) is 7.13. The van der Waals surface area contributed by atoms with Crippen molar-refractivity contribution >= 4 is 17.2 Å². The van der Waals surface area contributed by atoms with Gasteiger partial charge in [-0.05, 0) is 25.5 Å². The molecule has 1 aromatic rings. The smallest absolute Gasteiger partial charge is 0.264 e. The molecule has 0 bridgehead atoms. The molecule has 0 aliphatic carbocycles. The molecule has 5 heteroatoms. The molecule has 0 radical (unpaired) electrons. The highest BCUT2D eigenvalue weighted by molar-refractivity contribution is 7.14. The Kier molecular flexibility index (Phi) is 4.97. The van der Waals surface area contributed by atoms with Gasteiger partial charge in [0.05, 0.1) is 15.9 Å². The first-order chi connectivity index (χ1) is 9.20. The van der Waals surface area contributed by atoms with E-state index in [2.05, 4.69) is 11.8 Å². The second-order valence-corrected chi connectivity index (χ2v) is 5.49. The van der Waals surface area contributed by atoms with Crippen LogP contribution in [0.5, 0.6) is 0 Å². The zero-order valence-electron chi connectivity index (χ0n) is 10.9. The summed E-state index contributed by atoms with van der Waals surface area (Å²) in [6.45, 7) is 3.90. The van der Waals surface area contributed by atoms with Crippen molar-refractivity contribution in [3.63, 3.8) is 0 Å². The van der Waals surface area contributed by atoms with E-state index in [1.807, 2.05) is 17.9 Å². The number of aliphatic hydroxyl groups excluding tert-OH is 1. The number of amides is 1. The molecule has 1 amide bonds. The van der Waals surface area contributed by atoms with Gasteiger partial charge in [0, 0.05) is 19.7 Å². The number of hydrogen-bond acceptors (Lipinski definition) is 4. The second kappa shape index (κ2) is 6.71. The number of aliphatic hydroxyl groups is 1. The van der Waals surface area contributed by atoms with Crippen LogP contribution in [0.25, 0.3) is 0 Å². The van der Waals surface area contributed by atoms with Crippen molar-refractivity contribution < 1.29 is 14.6 Å². The number of carbonyl (C=O) groups excluding carboxylic acids is 1. The third-order valence-electron chi connectivity index (χ3n) is 2.85. The van der Waals surface area contributed by atoms with Gasteiger partial charge < -0.3 is 14.7 Å². The van der Waals surface area contributed by atoms with E-state index < -0.39 is 0 Å². The summed E-state index contributed by atoms with van der Waals surface area (Å²) in [4.78, 5) is 15.7. The van der Waals surface area contributed by atoms with E-state index in [0.29, 0.717) is 18.0 Å². The van der Waals surface area contributed by atoms with E-state index in [0.717, 1.165) is 17.8 Å². The summed E-state index contributed by atoms with van der Waals surface area (Å²) in [5, 5.41) is 8.65. The van der Waals surface area contributed by atoms with Gasteiger partial charge in [0.25, 0.3) is 5.91 Å². The number of ether oxygens (including phenoxy) is 1. The van der Waals surface area contributed by atoms with Crippen LogP contribution in [0, 0.1) is 11.8 Å². The van der Waals surface area contributed by atoms with Gasteiger partial charge in [-0.25, -0.2) is 0 Å². The van der Waals surface area contributed by atoms with Crippen LogP contribution in [0.2, 0.25) is 0 Å². The van der Waals surface area contributed by atoms with E-state index >= 15 is 0 Å². The number of carbonyl (C=O) groups is 1. The van der Waals surface area contributed by atoms with Crippen LogP contribution >= 0.6 is 11.3 Å². The van der Waals surface area contributed by atoms with Gasteiger partial charge in [0.1, 0.15) is 6.61 Å². The van der Waals surface area contributed by atoms with E-state index in [1.165, 1.54) is 11.3 Å². The van der Waals surface area contributed by atoms with Crippen molar-refractivity contribution in [1.29, 1.82) is 0 Å². The molecule has 2 rings (SSSR count). The van der Waals surface area contributed by atoms with Crippen molar-refractivity contribution in [2.75, 3.05) is 26.3 Å². The van der Waals surface area contributed by atoms with Crippen LogP contribution in [0.1, 0.15) is 27.9 Å². The van der Waals surface area contributed by atoms with Crippen LogP contribution in [-0.4, -0.2) is 48.3 Å². The van der Waals surface area contributed by atoms with Gasteiger partial charge in [0.2, 0.25) is 0 Å². The van der Waals surface area contributed by atoms with Crippen molar-refractivity contribution in [3.05, 3.63) is 21.9 Å². The summed E-state index contributed by atoms with van der Waals surface area (Å²) in [6, 6.07) is 3.61. The summed E-state index contributed by atoms with van der Waals surface area (Å²) >= 11 is 1.37. The Morgan fingerprint density at radius 3 is 3.26 bits per heavy atom. The lowest BCUT2D eigenvalue weighted by atomic mass is 10.3. The largest absolute Gasteiger partial charge is 0.384 e. The van der Waals surface area contributed by atoms with E-state index in [4.69, 9.17) is 9.84 Å². The Morgan fingerprint density at radius 1 is 1.63 bits per heavy atom. The minimum absolute atomic E-state index is 0.0411. The highest BCUT2D eigenvalue weighted by Crippen LogP contribution is 2.19. The molecule has 0 saturated carbocycles. The van der Waals surface area contributed by atoms with Gasteiger partial charge in [-0.3, -0.25) is 4.79 Å². The highest BCUT2D eigenvalue weighted by atomic mass is 32.1. The number of nitrogens with zero attached hydrogens (tertiary/aromatic N) is 1. The molecule has 2 heterocycles. The maximum absolute atomic E-state index is 12.4. The van der Waals surface area contributed by atoms with Gasteiger partial charge >= 0.3 is 0 Å². The van der Waals surface area contributed by atoms with Gasteiger partial charge in [-0.1, -0.05) is 11.8 Å². The Balaban J connectivity index is 2.07. The summed E-state index contributed by atoms with van der Waals surface area (Å²) < 4.78 is 5.54. The number of rotatable bonds is 1. The Hall–Kier alpha value is -1.35. The summed E-state index contributed by atoms with van der Waals surface area (Å²) in [7, 11) is 0.